The summed E-state index contributed by atoms with van der Waals surface area (Å²) in [6.45, 7) is 3.26. The van der Waals surface area contributed by atoms with E-state index in [2.05, 4.69) is 6.92 Å². The van der Waals surface area contributed by atoms with Gasteiger partial charge >= 0.3 is 0 Å². The van der Waals surface area contributed by atoms with Gasteiger partial charge in [-0.3, -0.25) is 4.79 Å². The molecule has 0 spiro atoms. The highest BCUT2D eigenvalue weighted by Crippen LogP contribution is 2.38. The lowest BCUT2D eigenvalue weighted by Gasteiger charge is -2.19. The van der Waals surface area contributed by atoms with Gasteiger partial charge in [-0.1, -0.05) is 24.6 Å². The zero-order chi connectivity index (χ0) is 14.5. The van der Waals surface area contributed by atoms with Crippen molar-refractivity contribution in [3.05, 3.63) is 29.3 Å². The van der Waals surface area contributed by atoms with Gasteiger partial charge < -0.3 is 9.64 Å². The van der Waals surface area contributed by atoms with Crippen LogP contribution in [0.4, 0.5) is 0 Å². The van der Waals surface area contributed by atoms with Crippen molar-refractivity contribution in [1.29, 1.82) is 0 Å². The Hall–Kier alpha value is -1.22. The van der Waals surface area contributed by atoms with Crippen molar-refractivity contribution in [1.82, 2.24) is 4.90 Å². The number of nitrogens with zero attached hydrogens (tertiary/aromatic N) is 1. The summed E-state index contributed by atoms with van der Waals surface area (Å²) < 4.78 is 5.59. The molecule has 1 aromatic rings. The molecule has 1 aromatic carbocycles. The molecule has 0 aromatic heterocycles. The Labute approximate surface area is 125 Å². The molecule has 1 amide bonds. The van der Waals surface area contributed by atoms with Crippen molar-refractivity contribution >= 4 is 17.5 Å². The number of rotatable bonds is 7. The number of halogens is 1. The summed E-state index contributed by atoms with van der Waals surface area (Å²) in [7, 11) is 1.84. The van der Waals surface area contributed by atoms with Gasteiger partial charge in [0, 0.05) is 18.5 Å². The average Bonchev–Trinajstić information content (AvgIpc) is 3.22. The third kappa shape index (κ3) is 4.71. The second kappa shape index (κ2) is 6.98. The summed E-state index contributed by atoms with van der Waals surface area (Å²) in [6.07, 6.45) is 3.23. The average molecular weight is 296 g/mol. The lowest BCUT2D eigenvalue weighted by Crippen LogP contribution is -2.32. The van der Waals surface area contributed by atoms with Crippen LogP contribution in [-0.2, 0) is 4.79 Å². The lowest BCUT2D eigenvalue weighted by molar-refractivity contribution is -0.131. The summed E-state index contributed by atoms with van der Waals surface area (Å²) in [5.41, 5.74) is 0. The monoisotopic (exact) mass is 295 g/mol. The molecular weight excluding hydrogens is 274 g/mol. The first kappa shape index (κ1) is 15.2. The number of carbonyl (C=O) groups excluding carboxylic acids is 1. The quantitative estimate of drug-likeness (QED) is 0.769. The summed E-state index contributed by atoms with van der Waals surface area (Å²) in [6, 6.07) is 7.30. The van der Waals surface area contributed by atoms with Crippen LogP contribution in [0.25, 0.3) is 0 Å². The first-order chi connectivity index (χ1) is 9.56. The van der Waals surface area contributed by atoms with Crippen LogP contribution in [0.1, 0.15) is 26.2 Å². The van der Waals surface area contributed by atoms with E-state index in [4.69, 9.17) is 16.3 Å². The molecule has 1 saturated carbocycles. The molecule has 1 aliphatic carbocycles. The van der Waals surface area contributed by atoms with Crippen molar-refractivity contribution in [3.63, 3.8) is 0 Å². The normalized spacial score (nSPS) is 15.8. The smallest absolute Gasteiger partial charge is 0.222 e. The van der Waals surface area contributed by atoms with Gasteiger partial charge in [0.25, 0.3) is 0 Å². The largest absolute Gasteiger partial charge is 0.492 e. The molecule has 0 bridgehead atoms. The predicted molar refractivity (Wildman–Crippen MR) is 81.1 cm³/mol. The molecule has 3 nitrogen and oxygen atoms in total. The molecule has 20 heavy (non-hydrogen) atoms. The molecule has 0 aliphatic heterocycles. The van der Waals surface area contributed by atoms with E-state index in [1.54, 1.807) is 11.0 Å². The predicted octanol–water partition coefficient (Wildman–Crippen LogP) is 3.61. The molecule has 1 unspecified atom stereocenters. The van der Waals surface area contributed by atoms with E-state index in [0.717, 1.165) is 11.7 Å². The van der Waals surface area contributed by atoms with Gasteiger partial charge in [-0.15, -0.1) is 0 Å². The van der Waals surface area contributed by atoms with E-state index in [-0.39, 0.29) is 5.91 Å². The standard InChI is InChI=1S/C16H22ClNO2/c1-12(13-6-7-13)10-16(19)18(2)8-9-20-15-5-3-4-14(17)11-15/h3-5,11-13H,6-10H2,1-2H3. The van der Waals surface area contributed by atoms with Crippen LogP contribution in [0.15, 0.2) is 24.3 Å². The van der Waals surface area contributed by atoms with Crippen LogP contribution in [0.2, 0.25) is 5.02 Å². The number of likely N-dealkylation sites (N-methyl/N-ethyl adjacent to an activating group) is 1. The van der Waals surface area contributed by atoms with Gasteiger partial charge in [0.15, 0.2) is 0 Å². The molecule has 1 fully saturated rings. The van der Waals surface area contributed by atoms with Crippen molar-refractivity contribution in [2.45, 2.75) is 26.2 Å². The fourth-order valence-corrected chi connectivity index (χ4v) is 2.43. The van der Waals surface area contributed by atoms with Crippen LogP contribution >= 0.6 is 11.6 Å². The Bertz CT molecular complexity index is 460. The molecule has 0 radical (unpaired) electrons. The van der Waals surface area contributed by atoms with E-state index in [0.29, 0.717) is 30.5 Å². The second-order valence-electron chi connectivity index (χ2n) is 5.64. The van der Waals surface area contributed by atoms with Gasteiger partial charge in [0.1, 0.15) is 12.4 Å². The van der Waals surface area contributed by atoms with Crippen molar-refractivity contribution in [2.24, 2.45) is 11.8 Å². The number of hydrogen-bond acceptors (Lipinski definition) is 2. The topological polar surface area (TPSA) is 29.5 Å². The Morgan fingerprint density at radius 3 is 2.90 bits per heavy atom. The maximum atomic E-state index is 12.0. The van der Waals surface area contributed by atoms with Crippen molar-refractivity contribution in [2.75, 3.05) is 20.2 Å². The minimum Gasteiger partial charge on any atom is -0.492 e. The Morgan fingerprint density at radius 1 is 1.50 bits per heavy atom. The zero-order valence-corrected chi connectivity index (χ0v) is 12.9. The first-order valence-corrected chi connectivity index (χ1v) is 7.56. The van der Waals surface area contributed by atoms with Crippen LogP contribution in [0, 0.1) is 11.8 Å². The second-order valence-corrected chi connectivity index (χ2v) is 6.08. The molecule has 1 aliphatic rings. The first-order valence-electron chi connectivity index (χ1n) is 7.18. The minimum absolute atomic E-state index is 0.207. The minimum atomic E-state index is 0.207. The number of carbonyl (C=O) groups is 1. The van der Waals surface area contributed by atoms with Gasteiger partial charge in [0.2, 0.25) is 5.91 Å². The summed E-state index contributed by atoms with van der Waals surface area (Å²) in [5.74, 6) is 2.23. The Kier molecular flexibility index (Phi) is 5.30. The lowest BCUT2D eigenvalue weighted by atomic mass is 10.0. The number of amides is 1. The van der Waals surface area contributed by atoms with Gasteiger partial charge in [-0.25, -0.2) is 0 Å². The van der Waals surface area contributed by atoms with E-state index in [1.165, 1.54) is 12.8 Å². The van der Waals surface area contributed by atoms with Crippen LogP contribution in [0.5, 0.6) is 5.75 Å². The van der Waals surface area contributed by atoms with E-state index in [1.807, 2.05) is 25.2 Å². The fourth-order valence-electron chi connectivity index (χ4n) is 2.25. The summed E-state index contributed by atoms with van der Waals surface area (Å²) in [5, 5.41) is 0.658. The molecule has 2 rings (SSSR count). The van der Waals surface area contributed by atoms with Gasteiger partial charge in [-0.05, 0) is 42.9 Å². The number of ether oxygens (including phenoxy) is 1. The highest BCUT2D eigenvalue weighted by atomic mass is 35.5. The molecule has 4 heteroatoms. The highest BCUT2D eigenvalue weighted by Gasteiger charge is 2.29. The fraction of sp³-hybridized carbons (Fsp3) is 0.562. The molecule has 0 N–H and O–H groups in total. The third-order valence-electron chi connectivity index (χ3n) is 3.84. The highest BCUT2D eigenvalue weighted by molar-refractivity contribution is 6.30. The summed E-state index contributed by atoms with van der Waals surface area (Å²) in [4.78, 5) is 13.8. The SMILES string of the molecule is CC(CC(=O)N(C)CCOc1cccc(Cl)c1)C1CC1. The summed E-state index contributed by atoms with van der Waals surface area (Å²) >= 11 is 5.89. The van der Waals surface area contributed by atoms with Gasteiger partial charge in [0.05, 0.1) is 6.54 Å². The zero-order valence-electron chi connectivity index (χ0n) is 12.1. The Morgan fingerprint density at radius 2 is 2.25 bits per heavy atom. The Balaban J connectivity index is 1.68. The molecule has 0 saturated heterocycles. The molecular formula is C16H22ClNO2. The van der Waals surface area contributed by atoms with E-state index >= 15 is 0 Å². The van der Waals surface area contributed by atoms with Crippen LogP contribution in [0.3, 0.4) is 0 Å². The van der Waals surface area contributed by atoms with Crippen LogP contribution in [-0.4, -0.2) is 31.0 Å². The maximum absolute atomic E-state index is 12.0. The van der Waals surface area contributed by atoms with E-state index < -0.39 is 0 Å². The molecule has 1 atom stereocenters. The maximum Gasteiger partial charge on any atom is 0.222 e. The number of benzene rings is 1. The molecule has 0 heterocycles. The van der Waals surface area contributed by atoms with Crippen molar-refractivity contribution in [3.8, 4) is 5.75 Å². The van der Waals surface area contributed by atoms with Crippen LogP contribution < -0.4 is 4.74 Å². The third-order valence-corrected chi connectivity index (χ3v) is 4.08. The van der Waals surface area contributed by atoms with Gasteiger partial charge in [-0.2, -0.15) is 0 Å². The van der Waals surface area contributed by atoms with E-state index in [9.17, 15) is 4.79 Å². The molecule has 110 valence electrons. The number of hydrogen-bond donors (Lipinski definition) is 0. The van der Waals surface area contributed by atoms with Crippen molar-refractivity contribution < 1.29 is 9.53 Å².